The van der Waals surface area contributed by atoms with Crippen LogP contribution in [0, 0.1) is 0 Å². The first-order chi connectivity index (χ1) is 8.74. The predicted molar refractivity (Wildman–Crippen MR) is 64.0 cm³/mol. The van der Waals surface area contributed by atoms with Gasteiger partial charge in [-0.25, -0.2) is 4.79 Å². The Morgan fingerprint density at radius 3 is 2.89 bits per heavy atom. The van der Waals surface area contributed by atoms with Gasteiger partial charge in [-0.3, -0.25) is 0 Å². The zero-order valence-corrected chi connectivity index (χ0v) is 9.42. The summed E-state index contributed by atoms with van der Waals surface area (Å²) in [5, 5.41) is 11.9. The number of rotatable bonds is 3. The van der Waals surface area contributed by atoms with E-state index in [9.17, 15) is 4.79 Å². The molecule has 1 unspecified atom stereocenters. The van der Waals surface area contributed by atoms with Crippen LogP contribution in [0.3, 0.4) is 0 Å². The van der Waals surface area contributed by atoms with E-state index < -0.39 is 5.97 Å². The number of carboxylic acids is 1. The second kappa shape index (κ2) is 4.10. The van der Waals surface area contributed by atoms with Crippen LogP contribution in [0.4, 0.5) is 5.88 Å². The van der Waals surface area contributed by atoms with Crippen molar-refractivity contribution in [3.63, 3.8) is 0 Å². The Kier molecular flexibility index (Phi) is 2.44. The van der Waals surface area contributed by atoms with Gasteiger partial charge in [0.1, 0.15) is 12.4 Å². The first-order valence-electron chi connectivity index (χ1n) is 5.55. The van der Waals surface area contributed by atoms with Crippen LogP contribution in [0.5, 0.6) is 5.75 Å². The average Bonchev–Trinajstić information content (AvgIpc) is 2.98. The summed E-state index contributed by atoms with van der Waals surface area (Å²) in [7, 11) is 0. The SMILES string of the molecule is O=C(O)c1ccc(NC2COc3ccccc32)o1. The molecule has 1 aliphatic rings. The van der Waals surface area contributed by atoms with E-state index >= 15 is 0 Å². The van der Waals surface area contributed by atoms with Crippen LogP contribution in [-0.4, -0.2) is 17.7 Å². The number of fused-ring (bicyclic) bond motifs is 1. The standard InChI is InChI=1S/C13H11NO4/c15-13(16)11-5-6-12(18-11)14-9-7-17-10-4-2-1-3-8(9)10/h1-6,9,14H,7H2,(H,15,16). The molecular weight excluding hydrogens is 234 g/mol. The van der Waals surface area contributed by atoms with Gasteiger partial charge in [0.25, 0.3) is 0 Å². The lowest BCUT2D eigenvalue weighted by atomic mass is 10.1. The van der Waals surface area contributed by atoms with Gasteiger partial charge >= 0.3 is 5.97 Å². The second-order valence-corrected chi connectivity index (χ2v) is 4.01. The lowest BCUT2D eigenvalue weighted by Gasteiger charge is -2.09. The largest absolute Gasteiger partial charge is 0.491 e. The molecule has 3 rings (SSSR count). The molecule has 0 aliphatic carbocycles. The molecule has 2 aromatic rings. The van der Waals surface area contributed by atoms with E-state index in [4.69, 9.17) is 14.3 Å². The monoisotopic (exact) mass is 245 g/mol. The number of hydrogen-bond donors (Lipinski definition) is 2. The number of para-hydroxylation sites is 1. The van der Waals surface area contributed by atoms with E-state index in [0.29, 0.717) is 12.5 Å². The number of aromatic carboxylic acids is 1. The van der Waals surface area contributed by atoms with Crippen molar-refractivity contribution in [2.75, 3.05) is 11.9 Å². The smallest absolute Gasteiger partial charge is 0.371 e. The molecule has 1 aromatic carbocycles. The predicted octanol–water partition coefficient (Wildman–Crippen LogP) is 2.52. The van der Waals surface area contributed by atoms with E-state index in [2.05, 4.69) is 5.32 Å². The topological polar surface area (TPSA) is 71.7 Å². The third-order valence-electron chi connectivity index (χ3n) is 2.83. The Labute approximate surface area is 103 Å². The fourth-order valence-electron chi connectivity index (χ4n) is 1.98. The highest BCUT2D eigenvalue weighted by atomic mass is 16.5. The minimum Gasteiger partial charge on any atom is -0.491 e. The molecule has 0 spiro atoms. The number of ether oxygens (including phenoxy) is 1. The van der Waals surface area contributed by atoms with E-state index in [-0.39, 0.29) is 11.8 Å². The number of carbonyl (C=O) groups is 1. The highest BCUT2D eigenvalue weighted by Crippen LogP contribution is 2.34. The Morgan fingerprint density at radius 2 is 2.11 bits per heavy atom. The Hall–Kier alpha value is -2.43. The van der Waals surface area contributed by atoms with E-state index in [1.165, 1.54) is 6.07 Å². The fraction of sp³-hybridized carbons (Fsp3) is 0.154. The summed E-state index contributed by atoms with van der Waals surface area (Å²) in [6.07, 6.45) is 0. The quantitative estimate of drug-likeness (QED) is 0.869. The highest BCUT2D eigenvalue weighted by Gasteiger charge is 2.24. The Balaban J connectivity index is 1.80. The average molecular weight is 245 g/mol. The number of nitrogens with one attached hydrogen (secondary N) is 1. The van der Waals surface area contributed by atoms with Crippen LogP contribution < -0.4 is 10.1 Å². The third-order valence-corrected chi connectivity index (χ3v) is 2.83. The summed E-state index contributed by atoms with van der Waals surface area (Å²) in [5.74, 6) is 0.119. The van der Waals surface area contributed by atoms with Gasteiger partial charge in [-0.2, -0.15) is 0 Å². The molecule has 2 N–H and O–H groups in total. The van der Waals surface area contributed by atoms with Crippen LogP contribution in [0.25, 0.3) is 0 Å². The van der Waals surface area contributed by atoms with Gasteiger partial charge in [-0.05, 0) is 12.1 Å². The van der Waals surface area contributed by atoms with Crippen molar-refractivity contribution < 1.29 is 19.1 Å². The molecule has 5 heteroatoms. The van der Waals surface area contributed by atoms with Gasteiger partial charge in [0.05, 0.1) is 6.04 Å². The van der Waals surface area contributed by atoms with Crippen molar-refractivity contribution in [1.82, 2.24) is 0 Å². The molecule has 5 nitrogen and oxygen atoms in total. The molecule has 2 heterocycles. The normalized spacial score (nSPS) is 17.0. The zero-order chi connectivity index (χ0) is 12.5. The van der Waals surface area contributed by atoms with Crippen LogP contribution in [-0.2, 0) is 0 Å². The van der Waals surface area contributed by atoms with Crippen LogP contribution in [0.15, 0.2) is 40.8 Å². The van der Waals surface area contributed by atoms with E-state index in [0.717, 1.165) is 11.3 Å². The maximum atomic E-state index is 10.7. The van der Waals surface area contributed by atoms with Crippen LogP contribution in [0.2, 0.25) is 0 Å². The van der Waals surface area contributed by atoms with Gasteiger partial charge in [0.2, 0.25) is 5.76 Å². The summed E-state index contributed by atoms with van der Waals surface area (Å²) < 4.78 is 10.7. The molecule has 0 radical (unpaired) electrons. The highest BCUT2D eigenvalue weighted by molar-refractivity contribution is 5.84. The lowest BCUT2D eigenvalue weighted by Crippen LogP contribution is -2.11. The maximum absolute atomic E-state index is 10.7. The molecule has 0 bridgehead atoms. The second-order valence-electron chi connectivity index (χ2n) is 4.01. The van der Waals surface area contributed by atoms with Crippen molar-refractivity contribution in [3.05, 3.63) is 47.7 Å². The number of benzene rings is 1. The van der Waals surface area contributed by atoms with Crippen molar-refractivity contribution in [2.45, 2.75) is 6.04 Å². The number of carboxylic acid groups (broad SMARTS) is 1. The minimum atomic E-state index is -1.08. The summed E-state index contributed by atoms with van der Waals surface area (Å²) in [6.45, 7) is 0.502. The van der Waals surface area contributed by atoms with Crippen molar-refractivity contribution in [1.29, 1.82) is 0 Å². The van der Waals surface area contributed by atoms with Gasteiger partial charge in [0.15, 0.2) is 5.88 Å². The maximum Gasteiger partial charge on any atom is 0.371 e. The third kappa shape index (κ3) is 1.79. The Bertz CT molecular complexity index is 590. The number of hydrogen-bond acceptors (Lipinski definition) is 4. The van der Waals surface area contributed by atoms with Gasteiger partial charge < -0.3 is 19.6 Å². The van der Waals surface area contributed by atoms with Crippen molar-refractivity contribution in [2.24, 2.45) is 0 Å². The molecular formula is C13H11NO4. The minimum absolute atomic E-state index is 0.0194. The molecule has 1 atom stereocenters. The summed E-state index contributed by atoms with van der Waals surface area (Å²) in [4.78, 5) is 10.7. The molecule has 0 fully saturated rings. The molecule has 1 aliphatic heterocycles. The zero-order valence-electron chi connectivity index (χ0n) is 9.42. The van der Waals surface area contributed by atoms with E-state index in [1.54, 1.807) is 6.07 Å². The molecule has 92 valence electrons. The molecule has 18 heavy (non-hydrogen) atoms. The first kappa shape index (κ1) is 10.7. The lowest BCUT2D eigenvalue weighted by molar-refractivity contribution is 0.0663. The Morgan fingerprint density at radius 1 is 1.28 bits per heavy atom. The van der Waals surface area contributed by atoms with Crippen molar-refractivity contribution >= 4 is 11.9 Å². The van der Waals surface area contributed by atoms with Gasteiger partial charge in [0, 0.05) is 11.6 Å². The molecule has 0 amide bonds. The summed E-state index contributed by atoms with van der Waals surface area (Å²) >= 11 is 0. The van der Waals surface area contributed by atoms with Gasteiger partial charge in [-0.15, -0.1) is 0 Å². The van der Waals surface area contributed by atoms with Crippen molar-refractivity contribution in [3.8, 4) is 5.75 Å². The summed E-state index contributed by atoms with van der Waals surface area (Å²) in [5.41, 5.74) is 1.05. The molecule has 0 saturated carbocycles. The number of furan rings is 1. The van der Waals surface area contributed by atoms with E-state index in [1.807, 2.05) is 24.3 Å². The van der Waals surface area contributed by atoms with Crippen LogP contribution >= 0.6 is 0 Å². The number of anilines is 1. The van der Waals surface area contributed by atoms with Gasteiger partial charge in [-0.1, -0.05) is 18.2 Å². The molecule has 1 aromatic heterocycles. The summed E-state index contributed by atoms with van der Waals surface area (Å²) in [6, 6.07) is 10.7. The van der Waals surface area contributed by atoms with Crippen LogP contribution in [0.1, 0.15) is 22.2 Å². The fourth-order valence-corrected chi connectivity index (χ4v) is 1.98. The first-order valence-corrected chi connectivity index (χ1v) is 5.55. The molecule has 0 saturated heterocycles.